The summed E-state index contributed by atoms with van der Waals surface area (Å²) >= 11 is 0. The van der Waals surface area contributed by atoms with Gasteiger partial charge in [-0.25, -0.2) is 0 Å². The Morgan fingerprint density at radius 1 is 1.21 bits per heavy atom. The van der Waals surface area contributed by atoms with Crippen molar-refractivity contribution in [1.29, 1.82) is 0 Å². The fourth-order valence-corrected chi connectivity index (χ4v) is 3.88. The first-order valence-corrected chi connectivity index (χ1v) is 10.4. The quantitative estimate of drug-likeness (QED) is 0.441. The number of sulfonamides is 1. The minimum Gasteiger partial charge on any atom is -0.312 e. The molecule has 10 heteroatoms. The molecule has 1 fully saturated rings. The predicted molar refractivity (Wildman–Crippen MR) is 108 cm³/mol. The topological polar surface area (TPSA) is 122 Å². The van der Waals surface area contributed by atoms with Crippen LogP contribution in [0.15, 0.2) is 52.5 Å². The van der Waals surface area contributed by atoms with Gasteiger partial charge in [0.25, 0.3) is 15.7 Å². The Morgan fingerprint density at radius 2 is 1.90 bits per heavy atom. The third kappa shape index (κ3) is 4.43. The highest BCUT2D eigenvalue weighted by molar-refractivity contribution is 7.89. The van der Waals surface area contributed by atoms with Gasteiger partial charge in [-0.15, -0.1) is 0 Å². The number of anilines is 1. The molecular formula is C19H20N4O5S. The number of nitrogens with one attached hydrogen (secondary N) is 1. The molecule has 29 heavy (non-hydrogen) atoms. The van der Waals surface area contributed by atoms with Crippen molar-refractivity contribution in [2.45, 2.75) is 31.6 Å². The summed E-state index contributed by atoms with van der Waals surface area (Å²) in [6, 6.07) is 10.8. The second-order valence-corrected chi connectivity index (χ2v) is 8.35. The number of aryl methyl sites for hydroxylation is 1. The van der Waals surface area contributed by atoms with Gasteiger partial charge >= 0.3 is 0 Å². The predicted octanol–water partition coefficient (Wildman–Crippen LogP) is 2.73. The van der Waals surface area contributed by atoms with Crippen LogP contribution in [0.4, 0.5) is 11.4 Å². The van der Waals surface area contributed by atoms with Crippen molar-refractivity contribution < 1.29 is 18.1 Å². The van der Waals surface area contributed by atoms with Crippen LogP contribution in [0.3, 0.4) is 0 Å². The van der Waals surface area contributed by atoms with Crippen molar-refractivity contribution in [3.05, 3.63) is 63.7 Å². The maximum Gasteiger partial charge on any atom is 0.276 e. The summed E-state index contributed by atoms with van der Waals surface area (Å²) in [5.41, 5.74) is 1.97. The van der Waals surface area contributed by atoms with Crippen LogP contribution in [0.2, 0.25) is 0 Å². The van der Waals surface area contributed by atoms with E-state index in [2.05, 4.69) is 9.93 Å². The molecule has 9 nitrogen and oxygen atoms in total. The molecule has 0 spiro atoms. The van der Waals surface area contributed by atoms with Crippen LogP contribution in [0.1, 0.15) is 30.9 Å². The van der Waals surface area contributed by atoms with Gasteiger partial charge in [0.1, 0.15) is 0 Å². The Labute approximate surface area is 168 Å². The van der Waals surface area contributed by atoms with Crippen LogP contribution in [0.5, 0.6) is 0 Å². The molecule has 1 amide bonds. The number of rotatable bonds is 6. The number of benzene rings is 2. The molecule has 0 unspecified atom stereocenters. The molecule has 0 bridgehead atoms. The number of carbonyl (C=O) groups is 1. The number of hydrazone groups is 1. The van der Waals surface area contributed by atoms with E-state index in [1.165, 1.54) is 19.1 Å². The number of amides is 1. The Hall–Kier alpha value is -3.27. The molecule has 1 aliphatic rings. The van der Waals surface area contributed by atoms with Gasteiger partial charge in [-0.05, 0) is 44.0 Å². The largest absolute Gasteiger partial charge is 0.312 e. The standard InChI is InChI=1S/C19H20N4O5S/c1-13-5-10-17(12-18(13)23(25)26)29(27,28)21-20-14(2)15-6-8-16(9-7-15)22-11-3-4-19(22)24/h5-10,12,21H,3-4,11H2,1-2H3/b20-14-. The van der Waals surface area contributed by atoms with E-state index in [1.807, 2.05) is 0 Å². The molecule has 1 aliphatic heterocycles. The molecule has 3 rings (SSSR count). The summed E-state index contributed by atoms with van der Waals surface area (Å²) in [5, 5.41) is 14.9. The molecule has 0 aromatic heterocycles. The molecule has 152 valence electrons. The minimum atomic E-state index is -4.06. The fraction of sp³-hybridized carbons (Fsp3) is 0.263. The summed E-state index contributed by atoms with van der Waals surface area (Å²) in [5.74, 6) is 0.0862. The summed E-state index contributed by atoms with van der Waals surface area (Å²) in [4.78, 5) is 25.8. The molecular weight excluding hydrogens is 396 g/mol. The zero-order chi connectivity index (χ0) is 21.2. The van der Waals surface area contributed by atoms with Gasteiger partial charge in [-0.3, -0.25) is 14.9 Å². The first kappa shape index (κ1) is 20.5. The highest BCUT2D eigenvalue weighted by Crippen LogP contribution is 2.23. The van der Waals surface area contributed by atoms with Gasteiger partial charge < -0.3 is 4.90 Å². The van der Waals surface area contributed by atoms with Crippen LogP contribution < -0.4 is 9.73 Å². The molecule has 2 aromatic rings. The van der Waals surface area contributed by atoms with E-state index in [0.717, 1.165) is 18.2 Å². The van der Waals surface area contributed by atoms with Gasteiger partial charge in [0.05, 0.1) is 15.5 Å². The molecule has 0 aliphatic carbocycles. The molecule has 1 N–H and O–H groups in total. The Balaban J connectivity index is 1.77. The molecule has 0 radical (unpaired) electrons. The third-order valence-electron chi connectivity index (χ3n) is 4.69. The van der Waals surface area contributed by atoms with E-state index in [4.69, 9.17) is 0 Å². The van der Waals surface area contributed by atoms with E-state index >= 15 is 0 Å². The van der Waals surface area contributed by atoms with E-state index < -0.39 is 14.9 Å². The van der Waals surface area contributed by atoms with E-state index in [9.17, 15) is 23.3 Å². The highest BCUT2D eigenvalue weighted by atomic mass is 32.2. The lowest BCUT2D eigenvalue weighted by atomic mass is 10.1. The summed E-state index contributed by atoms with van der Waals surface area (Å²) in [7, 11) is -4.06. The zero-order valence-corrected chi connectivity index (χ0v) is 16.8. The third-order valence-corrected chi connectivity index (χ3v) is 5.90. The summed E-state index contributed by atoms with van der Waals surface area (Å²) < 4.78 is 24.9. The SMILES string of the molecule is C/C(=N/NS(=O)(=O)c1ccc(C)c([N+](=O)[O-])c1)c1ccc(N2CCCC2=O)cc1. The van der Waals surface area contributed by atoms with Crippen LogP contribution >= 0.6 is 0 Å². The van der Waals surface area contributed by atoms with Crippen molar-refractivity contribution in [3.8, 4) is 0 Å². The molecule has 2 aromatic carbocycles. The number of nitrogens with zero attached hydrogens (tertiary/aromatic N) is 3. The van der Waals surface area contributed by atoms with Gasteiger partial charge in [0.2, 0.25) is 5.91 Å². The van der Waals surface area contributed by atoms with Crippen LogP contribution in [-0.4, -0.2) is 31.5 Å². The van der Waals surface area contributed by atoms with Gasteiger partial charge in [-0.2, -0.15) is 18.4 Å². The maximum absolute atomic E-state index is 12.4. The maximum atomic E-state index is 12.4. The molecule has 1 saturated heterocycles. The second-order valence-electron chi connectivity index (χ2n) is 6.69. The molecule has 0 atom stereocenters. The Kier molecular flexibility index (Phi) is 5.64. The van der Waals surface area contributed by atoms with Gasteiger partial charge in [0.15, 0.2) is 0 Å². The lowest BCUT2D eigenvalue weighted by Crippen LogP contribution is -2.23. The molecule has 1 heterocycles. The summed E-state index contributed by atoms with van der Waals surface area (Å²) in [6.07, 6.45) is 1.38. The average molecular weight is 416 g/mol. The fourth-order valence-electron chi connectivity index (χ4n) is 3.00. The van der Waals surface area contributed by atoms with Crippen LogP contribution in [0.25, 0.3) is 0 Å². The van der Waals surface area contributed by atoms with Crippen LogP contribution in [0, 0.1) is 17.0 Å². The van der Waals surface area contributed by atoms with Gasteiger partial charge in [0, 0.05) is 30.3 Å². The number of carbonyl (C=O) groups excluding carboxylic acids is 1. The first-order chi connectivity index (χ1) is 13.7. The van der Waals surface area contributed by atoms with Crippen molar-refractivity contribution in [2.75, 3.05) is 11.4 Å². The number of hydrogen-bond donors (Lipinski definition) is 1. The number of nitro groups is 1. The first-order valence-electron chi connectivity index (χ1n) is 8.91. The normalized spacial score (nSPS) is 14.9. The highest BCUT2D eigenvalue weighted by Gasteiger charge is 2.22. The van der Waals surface area contributed by atoms with Crippen molar-refractivity contribution in [3.63, 3.8) is 0 Å². The Bertz CT molecular complexity index is 1090. The summed E-state index contributed by atoms with van der Waals surface area (Å²) in [6.45, 7) is 3.85. The second kappa shape index (κ2) is 8.00. The number of hydrogen-bond acceptors (Lipinski definition) is 6. The minimum absolute atomic E-state index is 0.0862. The Morgan fingerprint density at radius 3 is 2.48 bits per heavy atom. The van der Waals surface area contributed by atoms with E-state index in [-0.39, 0.29) is 16.5 Å². The zero-order valence-electron chi connectivity index (χ0n) is 16.0. The molecule has 0 saturated carbocycles. The van der Waals surface area contributed by atoms with E-state index in [0.29, 0.717) is 29.8 Å². The average Bonchev–Trinajstić information content (AvgIpc) is 3.12. The smallest absolute Gasteiger partial charge is 0.276 e. The van der Waals surface area contributed by atoms with Crippen LogP contribution in [-0.2, 0) is 14.8 Å². The van der Waals surface area contributed by atoms with Crippen molar-refractivity contribution in [2.24, 2.45) is 5.10 Å². The van der Waals surface area contributed by atoms with Crippen molar-refractivity contribution in [1.82, 2.24) is 4.83 Å². The van der Waals surface area contributed by atoms with Gasteiger partial charge in [-0.1, -0.05) is 18.2 Å². The van der Waals surface area contributed by atoms with E-state index in [1.54, 1.807) is 36.1 Å². The number of nitro benzene ring substituents is 1. The lowest BCUT2D eigenvalue weighted by Gasteiger charge is -2.15. The lowest BCUT2D eigenvalue weighted by molar-refractivity contribution is -0.385. The monoisotopic (exact) mass is 416 g/mol. The van der Waals surface area contributed by atoms with Crippen molar-refractivity contribution >= 4 is 33.0 Å².